The lowest BCUT2D eigenvalue weighted by atomic mass is 10.1. The van der Waals surface area contributed by atoms with Crippen LogP contribution in [0.15, 0.2) is 11.6 Å². The maximum absolute atomic E-state index is 12.3. The summed E-state index contributed by atoms with van der Waals surface area (Å²) in [6.07, 6.45) is 0.918. The zero-order chi connectivity index (χ0) is 18.7. The number of ether oxygens (including phenoxy) is 3. The lowest BCUT2D eigenvalue weighted by molar-refractivity contribution is -0.148. The molecule has 0 radical (unpaired) electrons. The fourth-order valence-corrected chi connectivity index (χ4v) is 2.21. The van der Waals surface area contributed by atoms with Crippen LogP contribution in [-0.2, 0) is 23.8 Å². The monoisotopic (exact) mass is 341 g/mol. The van der Waals surface area contributed by atoms with E-state index in [-0.39, 0.29) is 13.0 Å². The quantitative estimate of drug-likeness (QED) is 0.436. The van der Waals surface area contributed by atoms with Crippen molar-refractivity contribution in [3.05, 3.63) is 11.6 Å². The Morgan fingerprint density at radius 3 is 2.04 bits per heavy atom. The van der Waals surface area contributed by atoms with Gasteiger partial charge in [0.25, 0.3) is 0 Å². The molecule has 0 unspecified atom stereocenters. The number of nitrogens with zero attached hydrogens (tertiary/aromatic N) is 1. The van der Waals surface area contributed by atoms with Gasteiger partial charge in [-0.3, -0.25) is 4.90 Å². The van der Waals surface area contributed by atoms with Crippen molar-refractivity contribution in [1.29, 1.82) is 0 Å². The first kappa shape index (κ1) is 20.0. The summed E-state index contributed by atoms with van der Waals surface area (Å²) in [7, 11) is 1.26. The minimum atomic E-state index is -0.807. The average Bonchev–Trinajstić information content (AvgIpc) is 2.77. The standard InChI is InChI=1S/C17H27NO6/c1-16(2,3)23-13(19)9-11-8-12(14(20)22-7)18(10-11)15(21)24-17(4,5)6/h9,12H,8,10H2,1-7H3/t12-/m0/s1. The van der Waals surface area contributed by atoms with Crippen LogP contribution in [0.4, 0.5) is 4.79 Å². The fourth-order valence-electron chi connectivity index (χ4n) is 2.21. The van der Waals surface area contributed by atoms with Gasteiger partial charge in [0.05, 0.1) is 7.11 Å². The highest BCUT2D eigenvalue weighted by Crippen LogP contribution is 2.26. The molecule has 136 valence electrons. The number of hydrogen-bond donors (Lipinski definition) is 0. The first-order chi connectivity index (χ1) is 10.8. The summed E-state index contributed by atoms with van der Waals surface area (Å²) in [4.78, 5) is 37.4. The van der Waals surface area contributed by atoms with E-state index in [1.807, 2.05) is 0 Å². The number of methoxy groups -OCH3 is 1. The van der Waals surface area contributed by atoms with Crippen molar-refractivity contribution in [2.75, 3.05) is 13.7 Å². The van der Waals surface area contributed by atoms with Crippen molar-refractivity contribution in [3.8, 4) is 0 Å². The molecule has 0 aromatic rings. The van der Waals surface area contributed by atoms with E-state index in [2.05, 4.69) is 0 Å². The van der Waals surface area contributed by atoms with Crippen molar-refractivity contribution in [3.63, 3.8) is 0 Å². The van der Waals surface area contributed by atoms with Crippen LogP contribution in [0.3, 0.4) is 0 Å². The SMILES string of the molecule is COC(=O)[C@@H]1CC(=CC(=O)OC(C)(C)C)CN1C(=O)OC(C)(C)C. The van der Waals surface area contributed by atoms with Crippen molar-refractivity contribution in [1.82, 2.24) is 4.90 Å². The van der Waals surface area contributed by atoms with Crippen molar-refractivity contribution < 1.29 is 28.6 Å². The highest BCUT2D eigenvalue weighted by atomic mass is 16.6. The summed E-state index contributed by atoms with van der Waals surface area (Å²) >= 11 is 0. The van der Waals surface area contributed by atoms with Crippen molar-refractivity contribution in [2.45, 2.75) is 65.2 Å². The molecule has 1 saturated heterocycles. The number of carbonyl (C=O) groups is 3. The Hall–Kier alpha value is -2.05. The van der Waals surface area contributed by atoms with Crippen LogP contribution in [0, 0.1) is 0 Å². The Labute approximate surface area is 142 Å². The van der Waals surface area contributed by atoms with Crippen LogP contribution in [0.5, 0.6) is 0 Å². The van der Waals surface area contributed by atoms with Crippen molar-refractivity contribution >= 4 is 18.0 Å². The van der Waals surface area contributed by atoms with E-state index < -0.39 is 35.3 Å². The largest absolute Gasteiger partial charge is 0.467 e. The Bertz CT molecular complexity index is 538. The van der Waals surface area contributed by atoms with Gasteiger partial charge in [0.1, 0.15) is 17.2 Å². The maximum atomic E-state index is 12.3. The van der Waals surface area contributed by atoms with E-state index in [0.717, 1.165) is 0 Å². The molecule has 0 aliphatic carbocycles. The molecule has 0 N–H and O–H groups in total. The number of carbonyl (C=O) groups excluding carboxylic acids is 3. The highest BCUT2D eigenvalue weighted by molar-refractivity contribution is 5.86. The third-order valence-electron chi connectivity index (χ3n) is 3.04. The smallest absolute Gasteiger partial charge is 0.411 e. The summed E-state index contributed by atoms with van der Waals surface area (Å²) in [5.41, 5.74) is -0.681. The predicted octanol–water partition coefficient (Wildman–Crippen LogP) is 2.44. The first-order valence-corrected chi connectivity index (χ1v) is 7.82. The molecule has 1 rings (SSSR count). The van der Waals surface area contributed by atoms with E-state index >= 15 is 0 Å². The molecular formula is C17H27NO6. The van der Waals surface area contributed by atoms with Gasteiger partial charge in [0.15, 0.2) is 0 Å². The molecule has 7 heteroatoms. The third-order valence-corrected chi connectivity index (χ3v) is 3.04. The summed E-state index contributed by atoms with van der Waals surface area (Å²) in [6, 6.07) is -0.807. The Kier molecular flexibility index (Phi) is 6.03. The number of rotatable bonds is 2. The molecule has 0 aromatic heterocycles. The molecule has 1 aliphatic rings. The molecule has 1 heterocycles. The zero-order valence-electron chi connectivity index (χ0n) is 15.5. The van der Waals surface area contributed by atoms with Gasteiger partial charge in [-0.25, -0.2) is 14.4 Å². The lowest BCUT2D eigenvalue weighted by Crippen LogP contribution is -2.43. The second kappa shape index (κ2) is 7.23. The summed E-state index contributed by atoms with van der Waals surface area (Å²) in [5, 5.41) is 0. The summed E-state index contributed by atoms with van der Waals surface area (Å²) in [6.45, 7) is 10.6. The molecule has 1 aliphatic heterocycles. The molecule has 24 heavy (non-hydrogen) atoms. The molecule has 0 spiro atoms. The minimum Gasteiger partial charge on any atom is -0.467 e. The Morgan fingerprint density at radius 2 is 1.58 bits per heavy atom. The first-order valence-electron chi connectivity index (χ1n) is 7.82. The Morgan fingerprint density at radius 1 is 1.04 bits per heavy atom. The lowest BCUT2D eigenvalue weighted by Gasteiger charge is -2.27. The van der Waals surface area contributed by atoms with E-state index in [1.54, 1.807) is 41.5 Å². The Balaban J connectivity index is 2.93. The van der Waals surface area contributed by atoms with Crippen LogP contribution < -0.4 is 0 Å². The molecule has 0 saturated carbocycles. The fraction of sp³-hybridized carbons (Fsp3) is 0.706. The van der Waals surface area contributed by atoms with Crippen LogP contribution in [-0.4, -0.2) is 53.8 Å². The number of hydrogen-bond acceptors (Lipinski definition) is 6. The van der Waals surface area contributed by atoms with Gasteiger partial charge >= 0.3 is 18.0 Å². The predicted molar refractivity (Wildman–Crippen MR) is 87.3 cm³/mol. The third kappa shape index (κ3) is 6.22. The summed E-state index contributed by atoms with van der Waals surface area (Å²) < 4.78 is 15.3. The van der Waals surface area contributed by atoms with E-state index in [0.29, 0.717) is 5.57 Å². The molecule has 0 aromatic carbocycles. The van der Waals surface area contributed by atoms with Gasteiger partial charge in [-0.2, -0.15) is 0 Å². The second-order valence-corrected chi connectivity index (χ2v) is 7.69. The number of amides is 1. The molecule has 1 atom stereocenters. The number of likely N-dealkylation sites (tertiary alicyclic amines) is 1. The van der Waals surface area contributed by atoms with E-state index in [1.165, 1.54) is 18.1 Å². The number of esters is 2. The molecule has 1 fully saturated rings. The second-order valence-electron chi connectivity index (χ2n) is 7.69. The minimum absolute atomic E-state index is 0.119. The van der Waals surface area contributed by atoms with Gasteiger partial charge in [-0.05, 0) is 47.1 Å². The topological polar surface area (TPSA) is 82.1 Å². The highest BCUT2D eigenvalue weighted by Gasteiger charge is 2.40. The molecular weight excluding hydrogens is 314 g/mol. The zero-order valence-corrected chi connectivity index (χ0v) is 15.5. The normalized spacial score (nSPS) is 20.0. The van der Waals surface area contributed by atoms with Crippen LogP contribution >= 0.6 is 0 Å². The maximum Gasteiger partial charge on any atom is 0.411 e. The van der Waals surface area contributed by atoms with Gasteiger partial charge < -0.3 is 14.2 Å². The average molecular weight is 341 g/mol. The molecule has 0 bridgehead atoms. The van der Waals surface area contributed by atoms with E-state index in [4.69, 9.17) is 14.2 Å². The van der Waals surface area contributed by atoms with Gasteiger partial charge in [0, 0.05) is 19.0 Å². The summed E-state index contributed by atoms with van der Waals surface area (Å²) in [5.74, 6) is -1.05. The van der Waals surface area contributed by atoms with Gasteiger partial charge in [0.2, 0.25) is 0 Å². The van der Waals surface area contributed by atoms with Crippen LogP contribution in [0.2, 0.25) is 0 Å². The molecule has 7 nitrogen and oxygen atoms in total. The van der Waals surface area contributed by atoms with E-state index in [9.17, 15) is 14.4 Å². The van der Waals surface area contributed by atoms with Crippen LogP contribution in [0.1, 0.15) is 48.0 Å². The van der Waals surface area contributed by atoms with Gasteiger partial charge in [-0.1, -0.05) is 0 Å². The van der Waals surface area contributed by atoms with Crippen LogP contribution in [0.25, 0.3) is 0 Å². The molecule has 1 amide bonds. The van der Waals surface area contributed by atoms with Gasteiger partial charge in [-0.15, -0.1) is 0 Å². The van der Waals surface area contributed by atoms with Crippen molar-refractivity contribution in [2.24, 2.45) is 0 Å².